The van der Waals surface area contributed by atoms with Gasteiger partial charge in [-0.05, 0) is 57.2 Å². The highest BCUT2D eigenvalue weighted by Crippen LogP contribution is 2.27. The van der Waals surface area contributed by atoms with Gasteiger partial charge in [0.2, 0.25) is 11.7 Å². The van der Waals surface area contributed by atoms with E-state index in [1.807, 2.05) is 23.6 Å². The average Bonchev–Trinajstić information content (AvgIpc) is 3.23. The lowest BCUT2D eigenvalue weighted by Gasteiger charge is -2.21. The van der Waals surface area contributed by atoms with E-state index < -0.39 is 22.3 Å². The third-order valence-electron chi connectivity index (χ3n) is 5.05. The van der Waals surface area contributed by atoms with Crippen LogP contribution in [0.25, 0.3) is 11.4 Å². The molecule has 3 aromatic rings. The van der Waals surface area contributed by atoms with Gasteiger partial charge in [0.1, 0.15) is 0 Å². The van der Waals surface area contributed by atoms with Gasteiger partial charge in [-0.2, -0.15) is 4.39 Å². The first kappa shape index (κ1) is 24.2. The van der Waals surface area contributed by atoms with Crippen molar-refractivity contribution in [2.75, 3.05) is 29.1 Å². The third kappa shape index (κ3) is 5.67. The van der Waals surface area contributed by atoms with Crippen LogP contribution in [0.2, 0.25) is 0 Å². The first-order valence-corrected chi connectivity index (χ1v) is 11.5. The maximum Gasteiger partial charge on any atom is 0.306 e. The molecule has 0 fully saturated rings. The number of benzene rings is 2. The van der Waals surface area contributed by atoms with Gasteiger partial charge >= 0.3 is 5.69 Å². The van der Waals surface area contributed by atoms with E-state index in [2.05, 4.69) is 46.4 Å². The SMILES string of the molecule is CCN(CC)c1ccc(-c2nnc(SCC(=O)Nc3ccc(F)c([N+](=O)[O-])c3)n2CC)cc1. The number of hydrogen-bond donors (Lipinski definition) is 1. The standard InChI is InChI=1S/C22H25FN6O3S/c1-4-27(5-2)17-10-7-15(8-11-17)21-25-26-22(28(21)6-3)33-14-20(30)24-16-9-12-18(23)19(13-16)29(31)32/h7-13H,4-6,14H2,1-3H3,(H,24,30). The smallest absolute Gasteiger partial charge is 0.306 e. The quantitative estimate of drug-likeness (QED) is 0.261. The highest BCUT2D eigenvalue weighted by Gasteiger charge is 2.17. The van der Waals surface area contributed by atoms with Crippen LogP contribution in [0.3, 0.4) is 0 Å². The topological polar surface area (TPSA) is 106 Å². The summed E-state index contributed by atoms with van der Waals surface area (Å²) in [4.78, 5) is 24.6. The van der Waals surface area contributed by atoms with E-state index >= 15 is 0 Å². The van der Waals surface area contributed by atoms with Crippen molar-refractivity contribution in [2.45, 2.75) is 32.5 Å². The third-order valence-corrected chi connectivity index (χ3v) is 6.01. The summed E-state index contributed by atoms with van der Waals surface area (Å²) in [5, 5.41) is 22.5. The number of anilines is 2. The molecule has 1 heterocycles. The summed E-state index contributed by atoms with van der Waals surface area (Å²) in [7, 11) is 0. The van der Waals surface area contributed by atoms with Crippen LogP contribution in [0.5, 0.6) is 0 Å². The Balaban J connectivity index is 1.69. The predicted molar refractivity (Wildman–Crippen MR) is 127 cm³/mol. The van der Waals surface area contributed by atoms with Gasteiger partial charge in [0.15, 0.2) is 11.0 Å². The average molecular weight is 473 g/mol. The lowest BCUT2D eigenvalue weighted by Crippen LogP contribution is -2.21. The van der Waals surface area contributed by atoms with Crippen molar-refractivity contribution in [2.24, 2.45) is 0 Å². The van der Waals surface area contributed by atoms with Crippen LogP contribution in [0, 0.1) is 15.9 Å². The van der Waals surface area contributed by atoms with Crippen LogP contribution in [0.15, 0.2) is 47.6 Å². The van der Waals surface area contributed by atoms with Crippen molar-refractivity contribution < 1.29 is 14.1 Å². The highest BCUT2D eigenvalue weighted by atomic mass is 32.2. The first-order valence-electron chi connectivity index (χ1n) is 10.5. The van der Waals surface area contributed by atoms with E-state index in [0.717, 1.165) is 36.5 Å². The summed E-state index contributed by atoms with van der Waals surface area (Å²) in [6.07, 6.45) is 0. The van der Waals surface area contributed by atoms with Gasteiger partial charge in [0.25, 0.3) is 0 Å². The normalized spacial score (nSPS) is 10.8. The predicted octanol–water partition coefficient (Wildman–Crippen LogP) is 4.59. The largest absolute Gasteiger partial charge is 0.372 e. The van der Waals surface area contributed by atoms with E-state index in [1.54, 1.807) is 0 Å². The molecule has 0 aliphatic carbocycles. The summed E-state index contributed by atoms with van der Waals surface area (Å²) in [5.74, 6) is -0.622. The number of nitro benzene ring substituents is 1. The second-order valence-corrected chi connectivity index (χ2v) is 7.97. The van der Waals surface area contributed by atoms with E-state index in [4.69, 9.17) is 0 Å². The van der Waals surface area contributed by atoms with Gasteiger partial charge < -0.3 is 14.8 Å². The van der Waals surface area contributed by atoms with Gasteiger partial charge in [-0.3, -0.25) is 14.9 Å². The maximum atomic E-state index is 13.5. The monoisotopic (exact) mass is 472 g/mol. The lowest BCUT2D eigenvalue weighted by atomic mass is 10.2. The number of aromatic nitrogens is 3. The van der Waals surface area contributed by atoms with Crippen molar-refractivity contribution in [1.29, 1.82) is 0 Å². The van der Waals surface area contributed by atoms with Crippen molar-refractivity contribution in [1.82, 2.24) is 14.8 Å². The second-order valence-electron chi connectivity index (χ2n) is 7.03. The molecule has 0 unspecified atom stereocenters. The molecule has 2 aromatic carbocycles. The number of amides is 1. The molecular formula is C22H25FN6O3S. The molecule has 0 saturated carbocycles. The Morgan fingerprint density at radius 3 is 2.45 bits per heavy atom. The number of nitrogens with one attached hydrogen (secondary N) is 1. The minimum absolute atomic E-state index is 0.0181. The van der Waals surface area contributed by atoms with E-state index in [-0.39, 0.29) is 11.4 Å². The molecule has 174 valence electrons. The Morgan fingerprint density at radius 1 is 1.15 bits per heavy atom. The lowest BCUT2D eigenvalue weighted by molar-refractivity contribution is -0.387. The number of hydrogen-bond acceptors (Lipinski definition) is 7. The van der Waals surface area contributed by atoms with Crippen molar-refractivity contribution >= 4 is 34.7 Å². The Bertz CT molecular complexity index is 1130. The number of carbonyl (C=O) groups is 1. The molecule has 0 spiro atoms. The van der Waals surface area contributed by atoms with Gasteiger partial charge in [-0.15, -0.1) is 10.2 Å². The van der Waals surface area contributed by atoms with Crippen LogP contribution in [0.1, 0.15) is 20.8 Å². The molecule has 33 heavy (non-hydrogen) atoms. The number of nitro groups is 1. The first-order chi connectivity index (χ1) is 15.9. The van der Waals surface area contributed by atoms with Crippen molar-refractivity contribution in [3.05, 3.63) is 58.4 Å². The Hall–Kier alpha value is -3.47. The number of halogens is 1. The number of rotatable bonds is 10. The highest BCUT2D eigenvalue weighted by molar-refractivity contribution is 7.99. The van der Waals surface area contributed by atoms with Gasteiger partial charge in [0, 0.05) is 42.6 Å². The minimum atomic E-state index is -0.957. The van der Waals surface area contributed by atoms with Crippen LogP contribution in [-0.2, 0) is 11.3 Å². The van der Waals surface area contributed by atoms with Gasteiger partial charge in [-0.1, -0.05) is 11.8 Å². The molecule has 0 bridgehead atoms. The fraction of sp³-hybridized carbons (Fsp3) is 0.318. The summed E-state index contributed by atoms with van der Waals surface area (Å²) >= 11 is 1.20. The van der Waals surface area contributed by atoms with Crippen molar-refractivity contribution in [3.8, 4) is 11.4 Å². The molecular weight excluding hydrogens is 447 g/mol. The van der Waals surface area contributed by atoms with Crippen LogP contribution in [0.4, 0.5) is 21.5 Å². The summed E-state index contributed by atoms with van der Waals surface area (Å²) in [5.41, 5.74) is 1.52. The van der Waals surface area contributed by atoms with E-state index in [0.29, 0.717) is 17.5 Å². The zero-order chi connectivity index (χ0) is 24.0. The van der Waals surface area contributed by atoms with Crippen LogP contribution >= 0.6 is 11.8 Å². The molecule has 0 aliphatic heterocycles. The number of thioether (sulfide) groups is 1. The molecule has 0 aliphatic rings. The zero-order valence-electron chi connectivity index (χ0n) is 18.6. The van der Waals surface area contributed by atoms with E-state index in [9.17, 15) is 19.3 Å². The second kappa shape index (κ2) is 10.9. The fourth-order valence-corrected chi connectivity index (χ4v) is 4.16. The molecule has 9 nitrogen and oxygen atoms in total. The molecule has 0 saturated heterocycles. The summed E-state index contributed by atoms with van der Waals surface area (Å²) < 4.78 is 15.4. The van der Waals surface area contributed by atoms with Crippen molar-refractivity contribution in [3.63, 3.8) is 0 Å². The van der Waals surface area contributed by atoms with E-state index in [1.165, 1.54) is 17.8 Å². The van der Waals surface area contributed by atoms with Gasteiger partial charge in [-0.25, -0.2) is 0 Å². The summed E-state index contributed by atoms with van der Waals surface area (Å²) in [6, 6.07) is 11.3. The molecule has 0 radical (unpaired) electrons. The van der Waals surface area contributed by atoms with Crippen LogP contribution < -0.4 is 10.2 Å². The molecule has 0 atom stereocenters. The fourth-order valence-electron chi connectivity index (χ4n) is 3.36. The van der Waals surface area contributed by atoms with Crippen LogP contribution in [-0.4, -0.2) is 44.4 Å². The Morgan fingerprint density at radius 2 is 1.85 bits per heavy atom. The number of nitrogens with zero attached hydrogens (tertiary/aromatic N) is 5. The Kier molecular flexibility index (Phi) is 7.99. The minimum Gasteiger partial charge on any atom is -0.372 e. The molecule has 1 aromatic heterocycles. The molecule has 1 amide bonds. The van der Waals surface area contributed by atoms with Gasteiger partial charge in [0.05, 0.1) is 10.7 Å². The Labute approximate surface area is 195 Å². The summed E-state index contributed by atoms with van der Waals surface area (Å²) in [6.45, 7) is 8.67. The molecule has 3 rings (SSSR count). The number of carbonyl (C=O) groups excluding carboxylic acids is 1. The molecule has 1 N–H and O–H groups in total. The zero-order valence-corrected chi connectivity index (χ0v) is 19.4. The maximum absolute atomic E-state index is 13.5. The molecule has 11 heteroatoms.